The van der Waals surface area contributed by atoms with E-state index < -0.39 is 11.7 Å². The molecule has 0 N–H and O–H groups in total. The number of nitrogens with zero attached hydrogens (tertiary/aromatic N) is 1. The van der Waals surface area contributed by atoms with Crippen LogP contribution in [0.4, 0.5) is 13.2 Å². The summed E-state index contributed by atoms with van der Waals surface area (Å²) in [4.78, 5) is 0. The second kappa shape index (κ2) is 3.97. The van der Waals surface area contributed by atoms with Gasteiger partial charge in [0, 0.05) is 5.39 Å². The van der Waals surface area contributed by atoms with Crippen LogP contribution in [0.1, 0.15) is 11.1 Å². The Morgan fingerprint density at radius 2 is 1.84 bits per heavy atom. The Hall–Kier alpha value is -2.06. The monoisotopic (exact) mass is 277 g/mol. The maximum atomic E-state index is 12.7. The van der Waals surface area contributed by atoms with Crippen molar-refractivity contribution in [1.82, 2.24) is 0 Å². The van der Waals surface area contributed by atoms with Gasteiger partial charge in [-0.2, -0.15) is 18.4 Å². The number of hydrogen-bond acceptors (Lipinski definition) is 2. The Labute approximate surface area is 110 Å². The van der Waals surface area contributed by atoms with Crippen LogP contribution < -0.4 is 0 Å². The highest BCUT2D eigenvalue weighted by atomic mass is 32.1. The number of hydrogen-bond donors (Lipinski definition) is 0. The van der Waals surface area contributed by atoms with Crippen LogP contribution >= 0.6 is 11.3 Å². The molecule has 0 aliphatic rings. The third-order valence-electron chi connectivity index (χ3n) is 3.00. The molecule has 0 radical (unpaired) electrons. The van der Waals surface area contributed by atoms with Crippen LogP contribution in [0.15, 0.2) is 35.7 Å². The molecule has 0 bridgehead atoms. The number of benzene rings is 2. The molecule has 0 amide bonds. The van der Waals surface area contributed by atoms with Crippen molar-refractivity contribution in [3.05, 3.63) is 46.8 Å². The van der Waals surface area contributed by atoms with Crippen molar-refractivity contribution >= 4 is 32.2 Å². The van der Waals surface area contributed by atoms with Crippen molar-refractivity contribution in [2.75, 3.05) is 0 Å². The standard InChI is InChI=1S/C14H6F3NS/c15-14(16,17)10-2-1-8-5-9(7-18)13-11(3-4-19-13)12(8)6-10/h1-6H. The quantitative estimate of drug-likeness (QED) is 0.570. The highest BCUT2D eigenvalue weighted by molar-refractivity contribution is 7.17. The van der Waals surface area contributed by atoms with Crippen LogP contribution in [-0.2, 0) is 6.18 Å². The van der Waals surface area contributed by atoms with Gasteiger partial charge in [0.05, 0.1) is 15.8 Å². The Balaban J connectivity index is 2.44. The van der Waals surface area contributed by atoms with Crippen molar-refractivity contribution in [3.8, 4) is 6.07 Å². The minimum absolute atomic E-state index is 0.497. The smallest absolute Gasteiger partial charge is 0.192 e. The summed E-state index contributed by atoms with van der Waals surface area (Å²) in [5.41, 5.74) is -0.172. The van der Waals surface area contributed by atoms with E-state index in [1.54, 1.807) is 17.5 Å². The Morgan fingerprint density at radius 1 is 1.05 bits per heavy atom. The third kappa shape index (κ3) is 1.85. The molecule has 1 aromatic heterocycles. The fourth-order valence-electron chi connectivity index (χ4n) is 2.13. The molecule has 0 atom stereocenters. The fraction of sp³-hybridized carbons (Fsp3) is 0.0714. The molecular weight excluding hydrogens is 271 g/mol. The summed E-state index contributed by atoms with van der Waals surface area (Å²) in [6.45, 7) is 0. The number of nitriles is 1. The van der Waals surface area contributed by atoms with E-state index in [9.17, 15) is 13.2 Å². The summed E-state index contributed by atoms with van der Waals surface area (Å²) in [7, 11) is 0. The lowest BCUT2D eigenvalue weighted by Gasteiger charge is -2.09. The summed E-state index contributed by atoms with van der Waals surface area (Å²) in [6, 6.07) is 9.07. The Bertz CT molecular complexity index is 824. The second-order valence-electron chi connectivity index (χ2n) is 4.13. The van der Waals surface area contributed by atoms with Gasteiger partial charge in [0.1, 0.15) is 6.07 Å². The first-order valence-electron chi connectivity index (χ1n) is 5.42. The zero-order valence-corrected chi connectivity index (χ0v) is 10.3. The van der Waals surface area contributed by atoms with Gasteiger partial charge in [0.2, 0.25) is 0 Å². The van der Waals surface area contributed by atoms with Crippen molar-refractivity contribution < 1.29 is 13.2 Å². The van der Waals surface area contributed by atoms with Crippen molar-refractivity contribution in [2.45, 2.75) is 6.18 Å². The van der Waals surface area contributed by atoms with Gasteiger partial charge in [-0.15, -0.1) is 11.3 Å². The minimum Gasteiger partial charge on any atom is -0.192 e. The van der Waals surface area contributed by atoms with E-state index >= 15 is 0 Å². The first-order valence-corrected chi connectivity index (χ1v) is 6.30. The lowest BCUT2D eigenvalue weighted by Crippen LogP contribution is -2.04. The third-order valence-corrected chi connectivity index (χ3v) is 3.95. The van der Waals surface area contributed by atoms with E-state index in [0.29, 0.717) is 21.7 Å². The van der Waals surface area contributed by atoms with Crippen molar-refractivity contribution in [3.63, 3.8) is 0 Å². The van der Waals surface area contributed by atoms with E-state index in [1.165, 1.54) is 17.4 Å². The summed E-state index contributed by atoms with van der Waals surface area (Å²) >= 11 is 1.36. The van der Waals surface area contributed by atoms with Crippen LogP contribution in [0, 0.1) is 11.3 Å². The highest BCUT2D eigenvalue weighted by Crippen LogP contribution is 2.36. The molecule has 0 saturated heterocycles. The van der Waals surface area contributed by atoms with E-state index in [0.717, 1.165) is 16.8 Å². The van der Waals surface area contributed by atoms with Crippen LogP contribution in [0.3, 0.4) is 0 Å². The van der Waals surface area contributed by atoms with Crippen LogP contribution in [-0.4, -0.2) is 0 Å². The largest absolute Gasteiger partial charge is 0.416 e. The van der Waals surface area contributed by atoms with Gasteiger partial charge >= 0.3 is 6.18 Å². The second-order valence-corrected chi connectivity index (χ2v) is 5.05. The number of thiophene rings is 1. The summed E-state index contributed by atoms with van der Waals surface area (Å²) in [5.74, 6) is 0. The summed E-state index contributed by atoms with van der Waals surface area (Å²) in [5, 5.41) is 12.7. The average Bonchev–Trinajstić information content (AvgIpc) is 2.85. The van der Waals surface area contributed by atoms with E-state index in [1.807, 2.05) is 0 Å². The van der Waals surface area contributed by atoms with Gasteiger partial charge in [-0.25, -0.2) is 0 Å². The first-order chi connectivity index (χ1) is 9.00. The molecule has 5 heteroatoms. The molecule has 0 aliphatic carbocycles. The molecule has 0 unspecified atom stereocenters. The van der Waals surface area contributed by atoms with Crippen molar-refractivity contribution in [1.29, 1.82) is 5.26 Å². The predicted octanol–water partition coefficient (Wildman–Crippen LogP) is 4.94. The van der Waals surface area contributed by atoms with Gasteiger partial charge in [-0.3, -0.25) is 0 Å². The van der Waals surface area contributed by atoms with Crippen LogP contribution in [0.5, 0.6) is 0 Å². The maximum absolute atomic E-state index is 12.7. The summed E-state index contributed by atoms with van der Waals surface area (Å²) in [6.07, 6.45) is -4.36. The zero-order valence-electron chi connectivity index (χ0n) is 9.45. The van der Waals surface area contributed by atoms with E-state index in [-0.39, 0.29) is 0 Å². The molecule has 0 aliphatic heterocycles. The number of rotatable bonds is 0. The van der Waals surface area contributed by atoms with Crippen LogP contribution in [0.2, 0.25) is 0 Å². The molecule has 0 spiro atoms. The van der Waals surface area contributed by atoms with Gasteiger partial charge in [-0.1, -0.05) is 6.07 Å². The first kappa shape index (κ1) is 12.0. The Kier molecular flexibility index (Phi) is 2.51. The van der Waals surface area contributed by atoms with Crippen LogP contribution in [0.25, 0.3) is 20.9 Å². The number of alkyl halides is 3. The molecule has 0 saturated carbocycles. The molecular formula is C14H6F3NS. The molecule has 1 nitrogen and oxygen atoms in total. The molecule has 94 valence electrons. The van der Waals surface area contributed by atoms with Crippen molar-refractivity contribution in [2.24, 2.45) is 0 Å². The lowest BCUT2D eigenvalue weighted by atomic mass is 10.0. The van der Waals surface area contributed by atoms with E-state index in [4.69, 9.17) is 5.26 Å². The fourth-order valence-corrected chi connectivity index (χ4v) is 3.00. The lowest BCUT2D eigenvalue weighted by molar-refractivity contribution is -0.137. The topological polar surface area (TPSA) is 23.8 Å². The number of halogens is 3. The Morgan fingerprint density at radius 3 is 2.53 bits per heavy atom. The number of fused-ring (bicyclic) bond motifs is 3. The molecule has 3 rings (SSSR count). The summed E-state index contributed by atoms with van der Waals surface area (Å²) < 4.78 is 38.9. The van der Waals surface area contributed by atoms with Gasteiger partial charge in [-0.05, 0) is 40.4 Å². The molecule has 1 heterocycles. The molecule has 0 fully saturated rings. The molecule has 19 heavy (non-hydrogen) atoms. The zero-order chi connectivity index (χ0) is 13.6. The average molecular weight is 277 g/mol. The molecule has 2 aromatic carbocycles. The minimum atomic E-state index is -4.36. The van der Waals surface area contributed by atoms with Gasteiger partial charge < -0.3 is 0 Å². The van der Waals surface area contributed by atoms with E-state index in [2.05, 4.69) is 6.07 Å². The predicted molar refractivity (Wildman–Crippen MR) is 69.0 cm³/mol. The van der Waals surface area contributed by atoms with Gasteiger partial charge in [0.25, 0.3) is 0 Å². The maximum Gasteiger partial charge on any atom is 0.416 e. The highest BCUT2D eigenvalue weighted by Gasteiger charge is 2.30. The normalized spacial score (nSPS) is 11.9. The molecule has 3 aromatic rings. The van der Waals surface area contributed by atoms with Gasteiger partial charge in [0.15, 0.2) is 0 Å². The SMILES string of the molecule is N#Cc1cc2ccc(C(F)(F)F)cc2c2ccsc12.